The Bertz CT molecular complexity index is 2630. The van der Waals surface area contributed by atoms with Gasteiger partial charge in [-0.1, -0.05) is 142 Å². The largest absolute Gasteiger partial charge is 0.310 e. The molecule has 2 heteroatoms. The lowest BCUT2D eigenvalue weighted by Gasteiger charge is -2.49. The van der Waals surface area contributed by atoms with Gasteiger partial charge >= 0.3 is 0 Å². The van der Waals surface area contributed by atoms with Crippen molar-refractivity contribution in [3.05, 3.63) is 185 Å². The average molecular weight is 685 g/mol. The van der Waals surface area contributed by atoms with Crippen LogP contribution in [0.25, 0.3) is 28.0 Å². The van der Waals surface area contributed by atoms with Gasteiger partial charge in [-0.25, -0.2) is 0 Å². The van der Waals surface area contributed by atoms with Gasteiger partial charge < -0.3 is 9.80 Å². The summed E-state index contributed by atoms with van der Waals surface area (Å²) in [6.45, 7) is 11.8. The molecule has 2 aliphatic heterocycles. The molecule has 7 aromatic rings. The topological polar surface area (TPSA) is 6.48 Å². The molecule has 0 atom stereocenters. The number of aryl methyl sites for hydroxylation is 1. The standard InChI is InChI=1S/C51H44N2/c1-33-24-27-36(28-25-33)52(45-23-12-15-34-14-6-7-16-38(34)45)46-31-29-37(39-17-8-9-18-40(39)46)35-26-30-48-44(32-35)51(4,5)43-21-13-20-42-49(43)53(48)47-22-11-10-19-41(47)50(42,2)3/h6-8,10-17,19-32H,9,18H2,1-5H3. The highest BCUT2D eigenvalue weighted by molar-refractivity contribution is 6.00. The fraction of sp³-hybridized carbons (Fsp3) is 0.176. The summed E-state index contributed by atoms with van der Waals surface area (Å²) in [6, 6.07) is 52.4. The van der Waals surface area contributed by atoms with Crippen LogP contribution in [-0.4, -0.2) is 0 Å². The molecule has 0 radical (unpaired) electrons. The van der Waals surface area contributed by atoms with Gasteiger partial charge in [-0.2, -0.15) is 0 Å². The van der Waals surface area contributed by atoms with Gasteiger partial charge in [0.05, 0.1) is 22.7 Å². The molecule has 0 N–H and O–H groups in total. The van der Waals surface area contributed by atoms with Gasteiger partial charge in [0.2, 0.25) is 0 Å². The van der Waals surface area contributed by atoms with Crippen LogP contribution in [-0.2, 0) is 17.3 Å². The van der Waals surface area contributed by atoms with Crippen LogP contribution >= 0.6 is 0 Å². The normalized spacial score (nSPS) is 15.7. The average Bonchev–Trinajstić information content (AvgIpc) is 3.18. The lowest BCUT2D eigenvalue weighted by Crippen LogP contribution is -2.38. The van der Waals surface area contributed by atoms with Gasteiger partial charge in [0.15, 0.2) is 0 Å². The van der Waals surface area contributed by atoms with Gasteiger partial charge in [-0.3, -0.25) is 0 Å². The summed E-state index contributed by atoms with van der Waals surface area (Å²) >= 11 is 0. The Morgan fingerprint density at radius 1 is 0.585 bits per heavy atom. The predicted octanol–water partition coefficient (Wildman–Crippen LogP) is 14.0. The van der Waals surface area contributed by atoms with E-state index in [0.717, 1.165) is 12.8 Å². The highest BCUT2D eigenvalue weighted by Crippen LogP contribution is 2.60. The summed E-state index contributed by atoms with van der Waals surface area (Å²) in [5.41, 5.74) is 19.4. The molecular formula is C51H44N2. The molecule has 0 fully saturated rings. The second-order valence-electron chi connectivity index (χ2n) is 16.2. The number of para-hydroxylation sites is 2. The van der Waals surface area contributed by atoms with E-state index in [4.69, 9.17) is 0 Å². The van der Waals surface area contributed by atoms with Gasteiger partial charge in [-0.05, 0) is 112 Å². The van der Waals surface area contributed by atoms with Gasteiger partial charge in [0.1, 0.15) is 0 Å². The zero-order chi connectivity index (χ0) is 36.1. The number of hydrogen-bond donors (Lipinski definition) is 0. The molecule has 2 nitrogen and oxygen atoms in total. The molecule has 53 heavy (non-hydrogen) atoms. The maximum absolute atomic E-state index is 2.55. The third-order valence-electron chi connectivity index (χ3n) is 12.4. The predicted molar refractivity (Wildman–Crippen MR) is 225 cm³/mol. The van der Waals surface area contributed by atoms with E-state index < -0.39 is 0 Å². The number of anilines is 6. The molecule has 0 amide bonds. The number of fused-ring (bicyclic) bond motifs is 6. The quantitative estimate of drug-likeness (QED) is 0.182. The number of rotatable bonds is 4. The van der Waals surface area contributed by atoms with Gasteiger partial charge in [0.25, 0.3) is 0 Å². The van der Waals surface area contributed by atoms with Crippen molar-refractivity contribution < 1.29 is 0 Å². The molecule has 1 aliphatic carbocycles. The minimum Gasteiger partial charge on any atom is -0.310 e. The van der Waals surface area contributed by atoms with E-state index in [-0.39, 0.29) is 10.8 Å². The second-order valence-corrected chi connectivity index (χ2v) is 16.2. The highest BCUT2D eigenvalue weighted by atomic mass is 15.2. The molecular weight excluding hydrogens is 641 g/mol. The molecule has 258 valence electrons. The lowest BCUT2D eigenvalue weighted by molar-refractivity contribution is 0.597. The third-order valence-corrected chi connectivity index (χ3v) is 12.4. The van der Waals surface area contributed by atoms with Crippen molar-refractivity contribution in [3.8, 4) is 11.1 Å². The molecule has 0 spiro atoms. The highest BCUT2D eigenvalue weighted by Gasteiger charge is 2.45. The summed E-state index contributed by atoms with van der Waals surface area (Å²) < 4.78 is 0. The fourth-order valence-electron chi connectivity index (χ4n) is 9.55. The summed E-state index contributed by atoms with van der Waals surface area (Å²) in [6.07, 6.45) is 6.76. The van der Waals surface area contributed by atoms with E-state index in [1.807, 2.05) is 0 Å². The van der Waals surface area contributed by atoms with Crippen molar-refractivity contribution in [1.82, 2.24) is 0 Å². The first kappa shape index (κ1) is 31.8. The Morgan fingerprint density at radius 3 is 2.09 bits per heavy atom. The number of allylic oxidation sites excluding steroid dienone is 1. The van der Waals surface area contributed by atoms with Crippen molar-refractivity contribution in [2.75, 3.05) is 9.80 Å². The number of benzene rings is 7. The first-order valence-corrected chi connectivity index (χ1v) is 19.1. The van der Waals surface area contributed by atoms with Crippen LogP contribution in [0.4, 0.5) is 34.1 Å². The zero-order valence-corrected chi connectivity index (χ0v) is 31.2. The SMILES string of the molecule is Cc1ccc(N(c2ccc(-c3ccc4c(c3)C(C)(C)c3cccc5c3N4c3ccccc3C5(C)C)c3c2CCC=C3)c2cccc3ccccc23)cc1. The van der Waals surface area contributed by atoms with E-state index in [1.165, 1.54) is 95.0 Å². The fourth-order valence-corrected chi connectivity index (χ4v) is 9.55. The summed E-state index contributed by atoms with van der Waals surface area (Å²) in [7, 11) is 0. The van der Waals surface area contributed by atoms with Crippen molar-refractivity contribution in [2.45, 2.75) is 58.3 Å². The van der Waals surface area contributed by atoms with Gasteiger partial charge in [0, 0.05) is 27.6 Å². The maximum atomic E-state index is 2.55. The molecule has 3 aliphatic rings. The van der Waals surface area contributed by atoms with E-state index in [9.17, 15) is 0 Å². The van der Waals surface area contributed by atoms with E-state index in [1.54, 1.807) is 0 Å². The Kier molecular flexibility index (Phi) is 6.95. The lowest BCUT2D eigenvalue weighted by atomic mass is 9.66. The van der Waals surface area contributed by atoms with E-state index in [0.29, 0.717) is 0 Å². The second kappa shape index (κ2) is 11.6. The maximum Gasteiger partial charge on any atom is 0.0543 e. The Hall–Kier alpha value is -5.86. The summed E-state index contributed by atoms with van der Waals surface area (Å²) in [5, 5.41) is 2.50. The smallest absolute Gasteiger partial charge is 0.0543 e. The molecule has 0 bridgehead atoms. The van der Waals surface area contributed by atoms with Crippen molar-refractivity contribution in [1.29, 1.82) is 0 Å². The van der Waals surface area contributed by atoms with Crippen LogP contribution in [0.3, 0.4) is 0 Å². The molecule has 7 aromatic carbocycles. The number of nitrogens with zero attached hydrogens (tertiary/aromatic N) is 2. The van der Waals surface area contributed by atoms with Crippen molar-refractivity contribution in [3.63, 3.8) is 0 Å². The minimum absolute atomic E-state index is 0.0857. The van der Waals surface area contributed by atoms with Crippen molar-refractivity contribution >= 4 is 51.0 Å². The van der Waals surface area contributed by atoms with Gasteiger partial charge in [-0.15, -0.1) is 0 Å². The van der Waals surface area contributed by atoms with Crippen LogP contribution in [0.1, 0.15) is 73.1 Å². The Morgan fingerprint density at radius 2 is 1.26 bits per heavy atom. The van der Waals surface area contributed by atoms with Crippen LogP contribution in [0.5, 0.6) is 0 Å². The molecule has 0 unspecified atom stereocenters. The first-order valence-electron chi connectivity index (χ1n) is 19.1. The monoisotopic (exact) mass is 684 g/mol. The van der Waals surface area contributed by atoms with E-state index in [2.05, 4.69) is 196 Å². The van der Waals surface area contributed by atoms with Crippen LogP contribution in [0, 0.1) is 6.92 Å². The summed E-state index contributed by atoms with van der Waals surface area (Å²) in [5.74, 6) is 0. The Balaban J connectivity index is 1.16. The minimum atomic E-state index is -0.179. The number of hydrogen-bond acceptors (Lipinski definition) is 2. The van der Waals surface area contributed by atoms with Crippen LogP contribution < -0.4 is 9.80 Å². The molecule has 10 rings (SSSR count). The first-order chi connectivity index (χ1) is 25.7. The zero-order valence-electron chi connectivity index (χ0n) is 31.2. The van der Waals surface area contributed by atoms with Crippen LogP contribution in [0.2, 0.25) is 0 Å². The van der Waals surface area contributed by atoms with E-state index >= 15 is 0 Å². The molecule has 0 aromatic heterocycles. The third kappa shape index (κ3) is 4.64. The molecule has 0 saturated carbocycles. The van der Waals surface area contributed by atoms with Crippen LogP contribution in [0.15, 0.2) is 146 Å². The Labute approximate surface area is 313 Å². The molecule has 2 heterocycles. The van der Waals surface area contributed by atoms with Crippen molar-refractivity contribution in [2.24, 2.45) is 0 Å². The summed E-state index contributed by atoms with van der Waals surface area (Å²) in [4.78, 5) is 5.04. The molecule has 0 saturated heterocycles.